The number of carboxylic acids is 1. The Bertz CT molecular complexity index is 440. The zero-order valence-corrected chi connectivity index (χ0v) is 8.93. The molecule has 5 nitrogen and oxygen atoms in total. The van der Waals surface area contributed by atoms with Crippen LogP contribution in [0.4, 0.5) is 0 Å². The van der Waals surface area contributed by atoms with Crippen molar-refractivity contribution in [3.8, 4) is 11.5 Å². The molecule has 0 fully saturated rings. The van der Waals surface area contributed by atoms with Crippen molar-refractivity contribution in [2.24, 2.45) is 0 Å². The maximum atomic E-state index is 11.0. The van der Waals surface area contributed by atoms with Crippen molar-refractivity contribution < 1.29 is 24.5 Å². The second-order valence-electron chi connectivity index (χ2n) is 3.66. The van der Waals surface area contributed by atoms with Crippen molar-refractivity contribution in [2.75, 3.05) is 7.11 Å². The number of methoxy groups -OCH3 is 1. The van der Waals surface area contributed by atoms with Crippen LogP contribution in [0.1, 0.15) is 28.8 Å². The molecule has 5 heteroatoms. The zero-order chi connectivity index (χ0) is 11.9. The predicted octanol–water partition coefficient (Wildman–Crippen LogP) is 1.21. The van der Waals surface area contributed by atoms with E-state index in [1.807, 2.05) is 0 Å². The number of rotatable bonds is 2. The Labute approximate surface area is 92.2 Å². The van der Waals surface area contributed by atoms with Crippen LogP contribution in [0.5, 0.6) is 11.5 Å². The van der Waals surface area contributed by atoms with Crippen LogP contribution in [-0.4, -0.2) is 29.6 Å². The third-order valence-electron chi connectivity index (χ3n) is 2.73. The largest absolute Gasteiger partial charge is 0.493 e. The lowest BCUT2D eigenvalue weighted by Crippen LogP contribution is -2.15. The topological polar surface area (TPSA) is 76.0 Å². The first-order valence-electron chi connectivity index (χ1n) is 4.85. The molecule has 0 aliphatic carbocycles. The Morgan fingerprint density at radius 2 is 2.19 bits per heavy atom. The number of benzene rings is 1. The molecule has 0 spiro atoms. The summed E-state index contributed by atoms with van der Waals surface area (Å²) in [5.74, 6) is -0.662. The van der Waals surface area contributed by atoms with Crippen LogP contribution in [-0.2, 0) is 0 Å². The highest BCUT2D eigenvalue weighted by Gasteiger charge is 2.35. The van der Waals surface area contributed by atoms with E-state index in [1.165, 1.54) is 19.2 Å². The molecule has 1 heterocycles. The van der Waals surface area contributed by atoms with E-state index in [9.17, 15) is 9.90 Å². The maximum Gasteiger partial charge on any atom is 0.336 e. The van der Waals surface area contributed by atoms with Crippen LogP contribution < -0.4 is 9.47 Å². The monoisotopic (exact) mass is 224 g/mol. The van der Waals surface area contributed by atoms with Gasteiger partial charge in [0.05, 0.1) is 12.7 Å². The second kappa shape index (κ2) is 3.68. The van der Waals surface area contributed by atoms with Crippen molar-refractivity contribution in [2.45, 2.75) is 19.1 Å². The summed E-state index contributed by atoms with van der Waals surface area (Å²) in [4.78, 5) is 11.0. The van der Waals surface area contributed by atoms with Gasteiger partial charge in [-0.3, -0.25) is 0 Å². The number of aromatic carboxylic acids is 1. The van der Waals surface area contributed by atoms with Gasteiger partial charge in [0.2, 0.25) is 6.29 Å². The number of hydrogen-bond acceptors (Lipinski definition) is 4. The minimum atomic E-state index is -1.04. The Morgan fingerprint density at radius 3 is 2.75 bits per heavy atom. The fourth-order valence-corrected chi connectivity index (χ4v) is 1.87. The number of ether oxygens (including phenoxy) is 2. The van der Waals surface area contributed by atoms with Crippen LogP contribution in [0.25, 0.3) is 0 Å². The van der Waals surface area contributed by atoms with E-state index in [0.29, 0.717) is 17.1 Å². The summed E-state index contributed by atoms with van der Waals surface area (Å²) < 4.78 is 10.3. The summed E-state index contributed by atoms with van der Waals surface area (Å²) in [5.41, 5.74) is 0.624. The Balaban J connectivity index is 2.64. The maximum absolute atomic E-state index is 11.0. The third kappa shape index (κ3) is 1.40. The lowest BCUT2D eigenvalue weighted by atomic mass is 9.96. The number of aliphatic hydroxyl groups excluding tert-OH is 1. The van der Waals surface area contributed by atoms with Gasteiger partial charge in [-0.25, -0.2) is 4.79 Å². The molecule has 2 rings (SSSR count). The van der Waals surface area contributed by atoms with Crippen LogP contribution >= 0.6 is 0 Å². The van der Waals surface area contributed by atoms with Gasteiger partial charge >= 0.3 is 5.97 Å². The molecule has 1 aliphatic rings. The molecule has 1 aliphatic heterocycles. The fourth-order valence-electron chi connectivity index (χ4n) is 1.87. The van der Waals surface area contributed by atoms with Gasteiger partial charge in [-0.2, -0.15) is 0 Å². The highest BCUT2D eigenvalue weighted by molar-refractivity contribution is 5.91. The summed E-state index contributed by atoms with van der Waals surface area (Å²) >= 11 is 0. The van der Waals surface area contributed by atoms with Gasteiger partial charge in [0.15, 0.2) is 11.5 Å². The average molecular weight is 224 g/mol. The third-order valence-corrected chi connectivity index (χ3v) is 2.73. The van der Waals surface area contributed by atoms with E-state index in [4.69, 9.17) is 14.6 Å². The first kappa shape index (κ1) is 10.8. The van der Waals surface area contributed by atoms with Crippen molar-refractivity contribution in [1.29, 1.82) is 0 Å². The van der Waals surface area contributed by atoms with Gasteiger partial charge in [-0.1, -0.05) is 6.92 Å². The minimum Gasteiger partial charge on any atom is -0.493 e. The van der Waals surface area contributed by atoms with E-state index in [2.05, 4.69) is 0 Å². The molecule has 0 aromatic heterocycles. The second-order valence-corrected chi connectivity index (χ2v) is 3.66. The molecular weight excluding hydrogens is 212 g/mol. The molecule has 16 heavy (non-hydrogen) atoms. The van der Waals surface area contributed by atoms with E-state index < -0.39 is 12.3 Å². The predicted molar refractivity (Wildman–Crippen MR) is 55.0 cm³/mol. The molecule has 0 saturated carbocycles. The van der Waals surface area contributed by atoms with Gasteiger partial charge in [-0.15, -0.1) is 0 Å². The van der Waals surface area contributed by atoms with Gasteiger partial charge in [0.1, 0.15) is 0 Å². The molecule has 0 radical (unpaired) electrons. The SMILES string of the molecule is COc1ccc(C(=O)O)c2c1OC(O)C2C. The van der Waals surface area contributed by atoms with Crippen molar-refractivity contribution in [3.05, 3.63) is 23.3 Å². The Kier molecular flexibility index (Phi) is 2.47. The molecule has 1 aromatic rings. The minimum absolute atomic E-state index is 0.139. The van der Waals surface area contributed by atoms with Crippen LogP contribution in [0, 0.1) is 0 Å². The number of hydrogen-bond donors (Lipinski definition) is 2. The van der Waals surface area contributed by atoms with Gasteiger partial charge in [0.25, 0.3) is 0 Å². The van der Waals surface area contributed by atoms with Crippen LogP contribution in [0.2, 0.25) is 0 Å². The number of aliphatic hydroxyl groups is 1. The van der Waals surface area contributed by atoms with Crippen molar-refractivity contribution >= 4 is 5.97 Å². The molecule has 2 unspecified atom stereocenters. The summed E-state index contributed by atoms with van der Waals surface area (Å²) in [6.07, 6.45) is -1.02. The lowest BCUT2D eigenvalue weighted by molar-refractivity contribution is -0.0153. The standard InChI is InChI=1S/C11H12O5/c1-5-8-6(10(12)13)3-4-7(15-2)9(8)16-11(5)14/h3-5,11,14H,1-2H3,(H,12,13). The molecule has 1 aromatic carbocycles. The molecular formula is C11H12O5. The van der Waals surface area contributed by atoms with E-state index in [0.717, 1.165) is 0 Å². The van der Waals surface area contributed by atoms with Crippen molar-refractivity contribution in [3.63, 3.8) is 0 Å². The van der Waals surface area contributed by atoms with Gasteiger partial charge in [0, 0.05) is 11.5 Å². The highest BCUT2D eigenvalue weighted by Crippen LogP contribution is 2.45. The summed E-state index contributed by atoms with van der Waals surface area (Å²) in [6.45, 7) is 1.71. The van der Waals surface area contributed by atoms with Crippen molar-refractivity contribution in [1.82, 2.24) is 0 Å². The quantitative estimate of drug-likeness (QED) is 0.789. The molecule has 0 bridgehead atoms. The van der Waals surface area contributed by atoms with Crippen LogP contribution in [0.3, 0.4) is 0 Å². The zero-order valence-electron chi connectivity index (χ0n) is 8.93. The number of carbonyl (C=O) groups is 1. The molecule has 86 valence electrons. The summed E-state index contributed by atoms with van der Waals surface area (Å²) in [6, 6.07) is 2.98. The number of carboxylic acid groups (broad SMARTS) is 1. The average Bonchev–Trinajstić information content (AvgIpc) is 2.54. The van der Waals surface area contributed by atoms with E-state index in [-0.39, 0.29) is 11.5 Å². The van der Waals surface area contributed by atoms with Crippen LogP contribution in [0.15, 0.2) is 12.1 Å². The Hall–Kier alpha value is -1.75. The van der Waals surface area contributed by atoms with Gasteiger partial charge < -0.3 is 19.7 Å². The normalized spacial score (nSPS) is 22.4. The Morgan fingerprint density at radius 1 is 1.50 bits per heavy atom. The highest BCUT2D eigenvalue weighted by atomic mass is 16.6. The molecule has 2 atom stereocenters. The summed E-state index contributed by atoms with van der Waals surface area (Å²) in [5, 5.41) is 18.6. The van der Waals surface area contributed by atoms with E-state index in [1.54, 1.807) is 6.92 Å². The summed E-state index contributed by atoms with van der Waals surface area (Å²) in [7, 11) is 1.47. The smallest absolute Gasteiger partial charge is 0.336 e. The van der Waals surface area contributed by atoms with E-state index >= 15 is 0 Å². The molecule has 2 N–H and O–H groups in total. The molecule has 0 saturated heterocycles. The number of fused-ring (bicyclic) bond motifs is 1. The van der Waals surface area contributed by atoms with Gasteiger partial charge in [-0.05, 0) is 12.1 Å². The first-order valence-corrected chi connectivity index (χ1v) is 4.85. The lowest BCUT2D eigenvalue weighted by Gasteiger charge is -2.08. The molecule has 0 amide bonds. The first-order chi connectivity index (χ1) is 7.56. The fraction of sp³-hybridized carbons (Fsp3) is 0.364.